The number of nitrogens with two attached hydrogens (primary N) is 1. The van der Waals surface area contributed by atoms with Crippen LogP contribution in [-0.4, -0.2) is 15.0 Å². The van der Waals surface area contributed by atoms with E-state index in [9.17, 15) is 0 Å². The second kappa shape index (κ2) is 7.25. The van der Waals surface area contributed by atoms with Gasteiger partial charge in [0.15, 0.2) is 5.82 Å². The summed E-state index contributed by atoms with van der Waals surface area (Å²) in [5.74, 6) is 0.607. The van der Waals surface area contributed by atoms with Crippen LogP contribution in [0, 0.1) is 0 Å². The molecule has 0 aromatic carbocycles. The second-order valence-corrected chi connectivity index (χ2v) is 4.31. The fraction of sp³-hybridized carbons (Fsp3) is 0.833. The van der Waals surface area contributed by atoms with E-state index < -0.39 is 0 Å². The first kappa shape index (κ1) is 13.0. The van der Waals surface area contributed by atoms with Crippen LogP contribution in [-0.2, 0) is 13.0 Å². The van der Waals surface area contributed by atoms with Crippen LogP contribution in [0.3, 0.4) is 0 Å². The molecule has 0 saturated heterocycles. The van der Waals surface area contributed by atoms with Crippen LogP contribution in [0.1, 0.15) is 58.1 Å². The molecular formula is C12H24N4. The van der Waals surface area contributed by atoms with Crippen LogP contribution in [0.5, 0.6) is 0 Å². The highest BCUT2D eigenvalue weighted by Crippen LogP contribution is 2.12. The van der Waals surface area contributed by atoms with Crippen LogP contribution >= 0.6 is 0 Å². The van der Waals surface area contributed by atoms with E-state index in [-0.39, 0.29) is 0 Å². The third-order valence-electron chi connectivity index (χ3n) is 2.83. The predicted octanol–water partition coefficient (Wildman–Crippen LogP) is 2.78. The monoisotopic (exact) mass is 224 g/mol. The number of aromatic nitrogens is 3. The highest BCUT2D eigenvalue weighted by atomic mass is 15.4. The predicted molar refractivity (Wildman–Crippen MR) is 67.2 cm³/mol. The third-order valence-corrected chi connectivity index (χ3v) is 2.83. The highest BCUT2D eigenvalue weighted by Gasteiger charge is 2.08. The summed E-state index contributed by atoms with van der Waals surface area (Å²) < 4.78 is 1.98. The molecule has 92 valence electrons. The van der Waals surface area contributed by atoms with E-state index in [4.69, 9.17) is 5.73 Å². The Kier molecular flexibility index (Phi) is 5.90. The molecule has 0 spiro atoms. The maximum Gasteiger partial charge on any atom is 0.169 e. The second-order valence-electron chi connectivity index (χ2n) is 4.31. The SMILES string of the molecule is CCCCCCCn1nnc(N)c1CCC. The Labute approximate surface area is 98.2 Å². The maximum absolute atomic E-state index is 5.78. The smallest absolute Gasteiger partial charge is 0.169 e. The van der Waals surface area contributed by atoms with Crippen molar-refractivity contribution in [2.45, 2.75) is 65.3 Å². The molecule has 1 aromatic heterocycles. The molecule has 1 rings (SSSR count). The van der Waals surface area contributed by atoms with Crippen molar-refractivity contribution in [3.05, 3.63) is 5.69 Å². The van der Waals surface area contributed by atoms with Gasteiger partial charge in [-0.15, -0.1) is 5.10 Å². The molecule has 0 amide bonds. The molecular weight excluding hydrogens is 200 g/mol. The van der Waals surface area contributed by atoms with Gasteiger partial charge < -0.3 is 5.73 Å². The molecule has 0 aliphatic heterocycles. The number of anilines is 1. The lowest BCUT2D eigenvalue weighted by molar-refractivity contribution is 0.505. The van der Waals surface area contributed by atoms with Crippen molar-refractivity contribution in [1.82, 2.24) is 15.0 Å². The van der Waals surface area contributed by atoms with Crippen molar-refractivity contribution < 1.29 is 0 Å². The number of aryl methyl sites for hydroxylation is 1. The molecule has 0 unspecified atom stereocenters. The first-order valence-electron chi connectivity index (χ1n) is 6.47. The average Bonchev–Trinajstić information content (AvgIpc) is 2.62. The maximum atomic E-state index is 5.78. The summed E-state index contributed by atoms with van der Waals surface area (Å²) in [6.07, 6.45) is 8.47. The van der Waals surface area contributed by atoms with Crippen molar-refractivity contribution in [3.8, 4) is 0 Å². The lowest BCUT2D eigenvalue weighted by Crippen LogP contribution is -2.06. The number of nitrogen functional groups attached to an aromatic ring is 1. The van der Waals surface area contributed by atoms with Crippen LogP contribution < -0.4 is 5.73 Å². The topological polar surface area (TPSA) is 56.7 Å². The van der Waals surface area contributed by atoms with Gasteiger partial charge in [-0.2, -0.15) is 0 Å². The molecule has 2 N–H and O–H groups in total. The van der Waals surface area contributed by atoms with Gasteiger partial charge in [0.1, 0.15) is 0 Å². The summed E-state index contributed by atoms with van der Waals surface area (Å²) in [6, 6.07) is 0. The third kappa shape index (κ3) is 3.83. The van der Waals surface area contributed by atoms with Crippen molar-refractivity contribution in [3.63, 3.8) is 0 Å². The molecule has 0 aliphatic carbocycles. The molecule has 1 aromatic rings. The Morgan fingerprint density at radius 3 is 2.50 bits per heavy atom. The van der Waals surface area contributed by atoms with E-state index in [1.165, 1.54) is 32.1 Å². The number of rotatable bonds is 8. The minimum absolute atomic E-state index is 0.607. The Morgan fingerprint density at radius 1 is 1.06 bits per heavy atom. The fourth-order valence-electron chi connectivity index (χ4n) is 1.88. The molecule has 0 saturated carbocycles. The molecule has 0 bridgehead atoms. The van der Waals surface area contributed by atoms with E-state index in [0.29, 0.717) is 5.82 Å². The van der Waals surface area contributed by atoms with Crippen molar-refractivity contribution in [2.24, 2.45) is 0 Å². The normalized spacial score (nSPS) is 10.9. The summed E-state index contributed by atoms with van der Waals surface area (Å²) >= 11 is 0. The number of hydrogen-bond acceptors (Lipinski definition) is 3. The Balaban J connectivity index is 2.35. The molecule has 4 nitrogen and oxygen atoms in total. The Hall–Kier alpha value is -1.06. The minimum atomic E-state index is 0.607. The van der Waals surface area contributed by atoms with Gasteiger partial charge in [-0.3, -0.25) is 0 Å². The standard InChI is InChI=1S/C12H24N4/c1-3-5-6-7-8-10-16-11(9-4-2)12(13)14-15-16/h3-10,13H2,1-2H3. The van der Waals surface area contributed by atoms with Crippen LogP contribution in [0.4, 0.5) is 5.82 Å². The van der Waals surface area contributed by atoms with Crippen LogP contribution in [0.2, 0.25) is 0 Å². The number of unbranched alkanes of at least 4 members (excludes halogenated alkanes) is 4. The van der Waals surface area contributed by atoms with Crippen LogP contribution in [0.25, 0.3) is 0 Å². The number of nitrogens with zero attached hydrogens (tertiary/aromatic N) is 3. The van der Waals surface area contributed by atoms with Gasteiger partial charge in [0, 0.05) is 6.54 Å². The molecule has 0 fully saturated rings. The van der Waals surface area contributed by atoms with Gasteiger partial charge in [0.25, 0.3) is 0 Å². The average molecular weight is 224 g/mol. The van der Waals surface area contributed by atoms with Crippen LogP contribution in [0.15, 0.2) is 0 Å². The van der Waals surface area contributed by atoms with E-state index in [0.717, 1.165) is 25.1 Å². The highest BCUT2D eigenvalue weighted by molar-refractivity contribution is 5.32. The van der Waals surface area contributed by atoms with Gasteiger partial charge in [-0.25, -0.2) is 4.68 Å². The van der Waals surface area contributed by atoms with Crippen molar-refractivity contribution in [2.75, 3.05) is 5.73 Å². The molecule has 4 heteroatoms. The van der Waals surface area contributed by atoms with Crippen molar-refractivity contribution >= 4 is 5.82 Å². The zero-order chi connectivity index (χ0) is 11.8. The molecule has 0 aliphatic rings. The molecule has 0 atom stereocenters. The first-order valence-corrected chi connectivity index (χ1v) is 6.47. The quantitative estimate of drug-likeness (QED) is 0.691. The van der Waals surface area contributed by atoms with Crippen molar-refractivity contribution in [1.29, 1.82) is 0 Å². The minimum Gasteiger partial charge on any atom is -0.381 e. The van der Waals surface area contributed by atoms with E-state index in [1.54, 1.807) is 0 Å². The van der Waals surface area contributed by atoms with E-state index in [1.807, 2.05) is 4.68 Å². The Morgan fingerprint density at radius 2 is 1.81 bits per heavy atom. The zero-order valence-corrected chi connectivity index (χ0v) is 10.6. The molecule has 1 heterocycles. The van der Waals surface area contributed by atoms with Gasteiger partial charge in [0.05, 0.1) is 5.69 Å². The summed E-state index contributed by atoms with van der Waals surface area (Å²) in [5, 5.41) is 8.03. The van der Waals surface area contributed by atoms with E-state index in [2.05, 4.69) is 24.2 Å². The van der Waals surface area contributed by atoms with Gasteiger partial charge >= 0.3 is 0 Å². The number of hydrogen-bond donors (Lipinski definition) is 1. The van der Waals surface area contributed by atoms with Gasteiger partial charge in [0.2, 0.25) is 0 Å². The Bertz CT molecular complexity index is 293. The van der Waals surface area contributed by atoms with Gasteiger partial charge in [-0.05, 0) is 12.8 Å². The first-order chi connectivity index (χ1) is 7.79. The largest absolute Gasteiger partial charge is 0.381 e. The lowest BCUT2D eigenvalue weighted by Gasteiger charge is -2.05. The molecule has 16 heavy (non-hydrogen) atoms. The molecule has 0 radical (unpaired) electrons. The summed E-state index contributed by atoms with van der Waals surface area (Å²) in [6.45, 7) is 5.35. The summed E-state index contributed by atoms with van der Waals surface area (Å²) in [5.41, 5.74) is 6.89. The zero-order valence-electron chi connectivity index (χ0n) is 10.6. The lowest BCUT2D eigenvalue weighted by atomic mass is 10.1. The fourth-order valence-corrected chi connectivity index (χ4v) is 1.88. The summed E-state index contributed by atoms with van der Waals surface area (Å²) in [4.78, 5) is 0. The van der Waals surface area contributed by atoms with Gasteiger partial charge in [-0.1, -0.05) is 51.2 Å². The summed E-state index contributed by atoms with van der Waals surface area (Å²) in [7, 11) is 0. The van der Waals surface area contributed by atoms with E-state index >= 15 is 0 Å².